The third kappa shape index (κ3) is 3.87. The highest BCUT2D eigenvalue weighted by Crippen LogP contribution is 2.34. The molecule has 2 aromatic heterocycles. The molecule has 0 atom stereocenters. The van der Waals surface area contributed by atoms with Crippen LogP contribution in [0.15, 0.2) is 71.5 Å². The van der Waals surface area contributed by atoms with Crippen molar-refractivity contribution in [1.29, 1.82) is 0 Å². The predicted molar refractivity (Wildman–Crippen MR) is 103 cm³/mol. The van der Waals surface area contributed by atoms with E-state index in [1.54, 1.807) is 6.26 Å². The van der Waals surface area contributed by atoms with Gasteiger partial charge in [-0.15, -0.1) is 0 Å². The lowest BCUT2D eigenvalue weighted by molar-refractivity contribution is -0.136. The average Bonchev–Trinajstić information content (AvgIpc) is 3.35. The number of ether oxygens (including phenoxy) is 1. The monoisotopic (exact) mass is 361 g/mol. The number of hydrogen-bond donors (Lipinski definition) is 2. The summed E-state index contributed by atoms with van der Waals surface area (Å²) in [6, 6.07) is 17.7. The maximum atomic E-state index is 10.9. The molecule has 136 valence electrons. The van der Waals surface area contributed by atoms with Gasteiger partial charge in [-0.25, -0.2) is 0 Å². The van der Waals surface area contributed by atoms with Crippen molar-refractivity contribution in [2.24, 2.45) is 0 Å². The first-order chi connectivity index (χ1) is 13.2. The number of aromatic amines is 1. The highest BCUT2D eigenvalue weighted by molar-refractivity contribution is 5.86. The van der Waals surface area contributed by atoms with E-state index in [0.29, 0.717) is 13.0 Å². The lowest BCUT2D eigenvalue weighted by Crippen LogP contribution is -2.00. The number of H-pyrrole nitrogens is 1. The van der Waals surface area contributed by atoms with Gasteiger partial charge in [-0.05, 0) is 65.4 Å². The van der Waals surface area contributed by atoms with Crippen molar-refractivity contribution in [2.45, 2.75) is 19.4 Å². The summed E-state index contributed by atoms with van der Waals surface area (Å²) in [6.07, 6.45) is 4.11. The summed E-state index contributed by atoms with van der Waals surface area (Å²) in [5.74, 6) is 0.681. The van der Waals surface area contributed by atoms with Gasteiger partial charge in [0.05, 0.1) is 6.26 Å². The lowest BCUT2D eigenvalue weighted by atomic mass is 9.99. The molecular formula is C22H19NO4. The summed E-state index contributed by atoms with van der Waals surface area (Å²) in [5, 5.41) is 10.1. The number of carboxylic acid groups (broad SMARTS) is 1. The molecule has 0 fully saturated rings. The number of fused-ring (bicyclic) bond motifs is 1. The second kappa shape index (κ2) is 7.41. The molecule has 0 aliphatic rings. The number of carbonyl (C=O) groups is 1. The van der Waals surface area contributed by atoms with Crippen LogP contribution in [0.5, 0.6) is 5.75 Å². The van der Waals surface area contributed by atoms with Crippen LogP contribution < -0.4 is 4.74 Å². The van der Waals surface area contributed by atoms with E-state index < -0.39 is 5.97 Å². The molecule has 5 heteroatoms. The van der Waals surface area contributed by atoms with E-state index in [-0.39, 0.29) is 6.42 Å². The minimum Gasteiger partial charge on any atom is -0.485 e. The molecule has 5 nitrogen and oxygen atoms in total. The summed E-state index contributed by atoms with van der Waals surface area (Å²) in [4.78, 5) is 14.1. The first kappa shape index (κ1) is 17.0. The highest BCUT2D eigenvalue weighted by Gasteiger charge is 2.11. The smallest absolute Gasteiger partial charge is 0.303 e. The number of nitrogens with one attached hydrogen (secondary N) is 1. The van der Waals surface area contributed by atoms with Crippen LogP contribution in [0.25, 0.3) is 22.0 Å². The zero-order chi connectivity index (χ0) is 18.6. The summed E-state index contributed by atoms with van der Waals surface area (Å²) >= 11 is 0. The second-order valence-corrected chi connectivity index (χ2v) is 6.37. The molecular weight excluding hydrogens is 342 g/mol. The quantitative estimate of drug-likeness (QED) is 0.484. The summed E-state index contributed by atoms with van der Waals surface area (Å²) in [7, 11) is 0. The Morgan fingerprint density at radius 2 is 2.04 bits per heavy atom. The van der Waals surface area contributed by atoms with Crippen LogP contribution in [0, 0.1) is 0 Å². The molecule has 0 amide bonds. The van der Waals surface area contributed by atoms with Gasteiger partial charge in [-0.3, -0.25) is 4.79 Å². The summed E-state index contributed by atoms with van der Waals surface area (Å²) in [6.45, 7) is 0.334. The summed E-state index contributed by atoms with van der Waals surface area (Å²) in [5.41, 5.74) is 3.99. The number of rotatable bonds is 7. The molecule has 0 aliphatic carbocycles. The number of carboxylic acids is 1. The third-order valence-electron chi connectivity index (χ3n) is 4.49. The summed E-state index contributed by atoms with van der Waals surface area (Å²) < 4.78 is 11.3. The maximum absolute atomic E-state index is 10.9. The van der Waals surface area contributed by atoms with Crippen molar-refractivity contribution >= 4 is 16.9 Å². The van der Waals surface area contributed by atoms with Gasteiger partial charge in [0.15, 0.2) is 0 Å². The molecule has 0 bridgehead atoms. The van der Waals surface area contributed by atoms with Crippen LogP contribution in [-0.2, 0) is 17.8 Å². The van der Waals surface area contributed by atoms with E-state index in [1.807, 2.05) is 54.7 Å². The largest absolute Gasteiger partial charge is 0.485 e. The van der Waals surface area contributed by atoms with E-state index in [1.165, 1.54) is 0 Å². The van der Waals surface area contributed by atoms with Crippen molar-refractivity contribution in [3.8, 4) is 16.9 Å². The Hall–Kier alpha value is -3.47. The number of aromatic nitrogens is 1. The predicted octanol–water partition coefficient (Wildman–Crippen LogP) is 5.02. The van der Waals surface area contributed by atoms with Crippen molar-refractivity contribution in [1.82, 2.24) is 4.98 Å². The Bertz CT molecular complexity index is 1060. The Morgan fingerprint density at radius 1 is 1.11 bits per heavy atom. The molecule has 0 aliphatic heterocycles. The van der Waals surface area contributed by atoms with Crippen LogP contribution in [0.2, 0.25) is 0 Å². The molecule has 0 unspecified atom stereocenters. The molecule has 0 radical (unpaired) electrons. The Balaban J connectivity index is 1.69. The van der Waals surface area contributed by atoms with Crippen LogP contribution in [-0.4, -0.2) is 16.1 Å². The van der Waals surface area contributed by atoms with Gasteiger partial charge in [0.25, 0.3) is 0 Å². The molecule has 27 heavy (non-hydrogen) atoms. The van der Waals surface area contributed by atoms with E-state index in [9.17, 15) is 4.79 Å². The van der Waals surface area contributed by atoms with Gasteiger partial charge in [0.1, 0.15) is 18.1 Å². The zero-order valence-electron chi connectivity index (χ0n) is 14.6. The van der Waals surface area contributed by atoms with E-state index in [2.05, 4.69) is 11.1 Å². The Labute approximate surface area is 156 Å². The normalized spacial score (nSPS) is 11.0. The second-order valence-electron chi connectivity index (χ2n) is 6.37. The van der Waals surface area contributed by atoms with Crippen molar-refractivity contribution in [2.75, 3.05) is 0 Å². The Kier molecular flexibility index (Phi) is 4.66. The first-order valence-electron chi connectivity index (χ1n) is 8.76. The van der Waals surface area contributed by atoms with Gasteiger partial charge < -0.3 is 19.2 Å². The number of aryl methyl sites for hydroxylation is 1. The van der Waals surface area contributed by atoms with Crippen molar-refractivity contribution in [3.05, 3.63) is 78.4 Å². The van der Waals surface area contributed by atoms with Crippen LogP contribution in [0.3, 0.4) is 0 Å². The molecule has 2 aromatic carbocycles. The third-order valence-corrected chi connectivity index (χ3v) is 4.49. The molecule has 0 saturated heterocycles. The van der Waals surface area contributed by atoms with Crippen LogP contribution >= 0.6 is 0 Å². The fourth-order valence-electron chi connectivity index (χ4n) is 3.10. The zero-order valence-corrected chi connectivity index (χ0v) is 14.6. The Morgan fingerprint density at radius 3 is 2.85 bits per heavy atom. The molecule has 2 heterocycles. The minimum atomic E-state index is -0.802. The highest BCUT2D eigenvalue weighted by atomic mass is 16.5. The van der Waals surface area contributed by atoms with Crippen LogP contribution in [0.1, 0.15) is 17.7 Å². The van der Waals surface area contributed by atoms with Gasteiger partial charge >= 0.3 is 5.97 Å². The van der Waals surface area contributed by atoms with E-state index in [0.717, 1.165) is 39.1 Å². The number of aliphatic carboxylic acids is 1. The molecule has 4 rings (SSSR count). The topological polar surface area (TPSA) is 75.5 Å². The molecule has 4 aromatic rings. The van der Waals surface area contributed by atoms with Gasteiger partial charge in [-0.1, -0.05) is 12.1 Å². The maximum Gasteiger partial charge on any atom is 0.303 e. The minimum absolute atomic E-state index is 0.100. The standard InChI is InChI=1S/C22H19NO4/c24-22(25)8-4-15-3-7-21(27-14-18-2-1-11-26-18)19(12-15)16-5-6-20-17(13-16)9-10-23-20/h1-3,5-7,9-13,23H,4,8,14H2,(H,24,25). The fraction of sp³-hybridized carbons (Fsp3) is 0.136. The molecule has 0 spiro atoms. The molecule has 2 N–H and O–H groups in total. The SMILES string of the molecule is O=C(O)CCc1ccc(OCc2ccco2)c(-c2ccc3[nH]ccc3c2)c1. The number of benzene rings is 2. The number of furan rings is 1. The molecule has 0 saturated carbocycles. The van der Waals surface area contributed by atoms with Gasteiger partial charge in [-0.2, -0.15) is 0 Å². The van der Waals surface area contributed by atoms with Crippen molar-refractivity contribution < 1.29 is 19.1 Å². The van der Waals surface area contributed by atoms with Crippen molar-refractivity contribution in [3.63, 3.8) is 0 Å². The van der Waals surface area contributed by atoms with E-state index in [4.69, 9.17) is 14.3 Å². The van der Waals surface area contributed by atoms with Gasteiger partial charge in [0, 0.05) is 23.7 Å². The van der Waals surface area contributed by atoms with Gasteiger partial charge in [0.2, 0.25) is 0 Å². The fourth-order valence-corrected chi connectivity index (χ4v) is 3.10. The lowest BCUT2D eigenvalue weighted by Gasteiger charge is -2.13. The van der Waals surface area contributed by atoms with E-state index >= 15 is 0 Å². The number of hydrogen-bond acceptors (Lipinski definition) is 3. The first-order valence-corrected chi connectivity index (χ1v) is 8.76. The van der Waals surface area contributed by atoms with Crippen LogP contribution in [0.4, 0.5) is 0 Å². The average molecular weight is 361 g/mol.